The van der Waals surface area contributed by atoms with Crippen molar-refractivity contribution in [3.05, 3.63) is 29.6 Å². The normalized spacial score (nSPS) is 9.61. The van der Waals surface area contributed by atoms with Crippen molar-refractivity contribution in [2.75, 3.05) is 20.2 Å². The van der Waals surface area contributed by atoms with E-state index in [4.69, 9.17) is 11.2 Å². The molecule has 0 unspecified atom stereocenters. The molecule has 2 N–H and O–H groups in total. The van der Waals surface area contributed by atoms with Gasteiger partial charge in [0, 0.05) is 12.1 Å². The van der Waals surface area contributed by atoms with Crippen molar-refractivity contribution in [3.63, 3.8) is 0 Å². The standard InChI is InChI=1S/C13H15FN2O2/c1-3-7-16-12(17)9-18-13-10(8-15-2)5-4-6-11(13)14/h1,4-6,15H,7-9H2,2H3,(H,16,17). The molecule has 18 heavy (non-hydrogen) atoms. The summed E-state index contributed by atoms with van der Waals surface area (Å²) in [6.07, 6.45) is 5.00. The van der Waals surface area contributed by atoms with Gasteiger partial charge in [0.2, 0.25) is 0 Å². The van der Waals surface area contributed by atoms with Crippen LogP contribution in [0, 0.1) is 18.2 Å². The largest absolute Gasteiger partial charge is 0.480 e. The third-order valence-electron chi connectivity index (χ3n) is 2.15. The maximum absolute atomic E-state index is 13.6. The monoisotopic (exact) mass is 250 g/mol. The summed E-state index contributed by atoms with van der Waals surface area (Å²) in [6, 6.07) is 4.61. The molecular formula is C13H15FN2O2. The van der Waals surface area contributed by atoms with Gasteiger partial charge in [0.05, 0.1) is 6.54 Å². The highest BCUT2D eigenvalue weighted by Gasteiger charge is 2.11. The van der Waals surface area contributed by atoms with E-state index in [1.165, 1.54) is 6.07 Å². The number of ether oxygens (including phenoxy) is 1. The predicted octanol–water partition coefficient (Wildman–Crippen LogP) is 0.673. The molecule has 0 heterocycles. The highest BCUT2D eigenvalue weighted by molar-refractivity contribution is 5.77. The third kappa shape index (κ3) is 4.07. The molecule has 1 rings (SSSR count). The van der Waals surface area contributed by atoms with Crippen LogP contribution < -0.4 is 15.4 Å². The number of halogens is 1. The second-order valence-corrected chi connectivity index (χ2v) is 3.53. The summed E-state index contributed by atoms with van der Waals surface area (Å²) < 4.78 is 18.7. The molecule has 0 aliphatic heterocycles. The smallest absolute Gasteiger partial charge is 0.258 e. The molecular weight excluding hydrogens is 235 g/mol. The molecule has 0 radical (unpaired) electrons. The molecule has 4 nitrogen and oxygen atoms in total. The Balaban J connectivity index is 2.66. The summed E-state index contributed by atoms with van der Waals surface area (Å²) in [7, 11) is 1.74. The van der Waals surface area contributed by atoms with Crippen molar-refractivity contribution in [1.82, 2.24) is 10.6 Å². The molecule has 1 aromatic carbocycles. The van der Waals surface area contributed by atoms with E-state index in [2.05, 4.69) is 16.6 Å². The first-order valence-electron chi connectivity index (χ1n) is 5.44. The van der Waals surface area contributed by atoms with Crippen LogP contribution in [0.3, 0.4) is 0 Å². The first-order valence-corrected chi connectivity index (χ1v) is 5.44. The fraction of sp³-hybridized carbons (Fsp3) is 0.308. The maximum atomic E-state index is 13.6. The molecule has 5 heteroatoms. The van der Waals surface area contributed by atoms with Crippen LogP contribution in [0.25, 0.3) is 0 Å². The van der Waals surface area contributed by atoms with Gasteiger partial charge in [-0.15, -0.1) is 6.42 Å². The van der Waals surface area contributed by atoms with Gasteiger partial charge >= 0.3 is 0 Å². The molecule has 0 saturated heterocycles. The molecule has 0 atom stereocenters. The summed E-state index contributed by atoms with van der Waals surface area (Å²) in [6.45, 7) is 0.321. The van der Waals surface area contributed by atoms with Gasteiger partial charge in [-0.3, -0.25) is 4.79 Å². The van der Waals surface area contributed by atoms with Crippen molar-refractivity contribution in [1.29, 1.82) is 0 Å². The number of amides is 1. The quantitative estimate of drug-likeness (QED) is 0.730. The van der Waals surface area contributed by atoms with E-state index in [9.17, 15) is 9.18 Å². The lowest BCUT2D eigenvalue weighted by Crippen LogP contribution is -2.29. The molecule has 0 aliphatic carbocycles. The summed E-state index contributed by atoms with van der Waals surface area (Å²) in [5.41, 5.74) is 0.655. The molecule has 0 aromatic heterocycles. The van der Waals surface area contributed by atoms with E-state index < -0.39 is 5.82 Å². The van der Waals surface area contributed by atoms with E-state index >= 15 is 0 Å². The van der Waals surface area contributed by atoms with Crippen LogP contribution in [-0.2, 0) is 11.3 Å². The van der Waals surface area contributed by atoms with Gasteiger partial charge in [-0.25, -0.2) is 4.39 Å². The molecule has 1 aromatic rings. The zero-order valence-electron chi connectivity index (χ0n) is 10.1. The van der Waals surface area contributed by atoms with E-state index in [-0.39, 0.29) is 24.8 Å². The molecule has 0 aliphatic rings. The Morgan fingerprint density at radius 2 is 2.33 bits per heavy atom. The molecule has 1 amide bonds. The van der Waals surface area contributed by atoms with Crippen LogP contribution in [-0.4, -0.2) is 26.1 Å². The van der Waals surface area contributed by atoms with Crippen LogP contribution in [0.2, 0.25) is 0 Å². The Morgan fingerprint density at radius 1 is 1.56 bits per heavy atom. The van der Waals surface area contributed by atoms with Gasteiger partial charge in [-0.2, -0.15) is 0 Å². The molecule has 0 spiro atoms. The zero-order valence-corrected chi connectivity index (χ0v) is 10.1. The van der Waals surface area contributed by atoms with Gasteiger partial charge in [0.15, 0.2) is 18.2 Å². The fourth-order valence-electron chi connectivity index (χ4n) is 1.38. The number of para-hydroxylation sites is 1. The van der Waals surface area contributed by atoms with Crippen molar-refractivity contribution >= 4 is 5.91 Å². The van der Waals surface area contributed by atoms with Gasteiger partial charge in [-0.1, -0.05) is 18.1 Å². The summed E-state index contributed by atoms with van der Waals surface area (Å²) in [5.74, 6) is 1.48. The number of nitrogens with one attached hydrogen (secondary N) is 2. The Morgan fingerprint density at radius 3 is 3.00 bits per heavy atom. The SMILES string of the molecule is C#CCNC(=O)COc1c(F)cccc1CNC. The van der Waals surface area contributed by atoms with Gasteiger partial charge < -0.3 is 15.4 Å². The van der Waals surface area contributed by atoms with Crippen LogP contribution >= 0.6 is 0 Å². The third-order valence-corrected chi connectivity index (χ3v) is 2.15. The first-order chi connectivity index (χ1) is 8.69. The van der Waals surface area contributed by atoms with Crippen molar-refractivity contribution in [2.45, 2.75) is 6.54 Å². The van der Waals surface area contributed by atoms with Gasteiger partial charge in [-0.05, 0) is 13.1 Å². The number of hydrogen-bond acceptors (Lipinski definition) is 3. The minimum absolute atomic E-state index is 0.0858. The van der Waals surface area contributed by atoms with Crippen LogP contribution in [0.5, 0.6) is 5.75 Å². The van der Waals surface area contributed by atoms with Crippen molar-refractivity contribution in [3.8, 4) is 18.1 Å². The van der Waals surface area contributed by atoms with E-state index in [1.807, 2.05) is 0 Å². The lowest BCUT2D eigenvalue weighted by Gasteiger charge is -2.11. The van der Waals surface area contributed by atoms with Gasteiger partial charge in [0.1, 0.15) is 0 Å². The number of carbonyl (C=O) groups excluding carboxylic acids is 1. The highest BCUT2D eigenvalue weighted by Crippen LogP contribution is 2.22. The molecule has 0 saturated carbocycles. The minimum atomic E-state index is -0.493. The number of carbonyl (C=O) groups is 1. The fourth-order valence-corrected chi connectivity index (χ4v) is 1.38. The number of hydrogen-bond donors (Lipinski definition) is 2. The van der Waals surface area contributed by atoms with Crippen molar-refractivity contribution in [2.24, 2.45) is 0 Å². The summed E-state index contributed by atoms with van der Waals surface area (Å²) >= 11 is 0. The Hall–Kier alpha value is -2.06. The maximum Gasteiger partial charge on any atom is 0.258 e. The zero-order chi connectivity index (χ0) is 13.4. The number of benzene rings is 1. The van der Waals surface area contributed by atoms with E-state index in [1.54, 1.807) is 19.2 Å². The topological polar surface area (TPSA) is 50.4 Å². The summed E-state index contributed by atoms with van der Waals surface area (Å²) in [4.78, 5) is 11.3. The lowest BCUT2D eigenvalue weighted by atomic mass is 10.2. The minimum Gasteiger partial charge on any atom is -0.480 e. The Bertz CT molecular complexity index is 455. The van der Waals surface area contributed by atoms with Crippen LogP contribution in [0.15, 0.2) is 18.2 Å². The average molecular weight is 250 g/mol. The lowest BCUT2D eigenvalue weighted by molar-refractivity contribution is -0.122. The van der Waals surface area contributed by atoms with Crippen molar-refractivity contribution < 1.29 is 13.9 Å². The predicted molar refractivity (Wildman–Crippen MR) is 66.5 cm³/mol. The second-order valence-electron chi connectivity index (χ2n) is 3.53. The summed E-state index contributed by atoms with van der Waals surface area (Å²) in [5, 5.41) is 5.34. The second kappa shape index (κ2) is 7.30. The van der Waals surface area contributed by atoms with Crippen LogP contribution in [0.1, 0.15) is 5.56 Å². The van der Waals surface area contributed by atoms with E-state index in [0.29, 0.717) is 12.1 Å². The van der Waals surface area contributed by atoms with Gasteiger partial charge in [0.25, 0.3) is 5.91 Å². The average Bonchev–Trinajstić information content (AvgIpc) is 2.36. The first kappa shape index (κ1) is 14.0. The highest BCUT2D eigenvalue weighted by atomic mass is 19.1. The Kier molecular flexibility index (Phi) is 5.68. The molecule has 96 valence electrons. The molecule has 0 bridgehead atoms. The van der Waals surface area contributed by atoms with Crippen LogP contribution in [0.4, 0.5) is 4.39 Å². The molecule has 0 fully saturated rings. The van der Waals surface area contributed by atoms with E-state index in [0.717, 1.165) is 0 Å². The number of rotatable bonds is 6. The Labute approximate surface area is 106 Å². The number of terminal acetylenes is 1.